The van der Waals surface area contributed by atoms with Crippen molar-refractivity contribution < 1.29 is 17.8 Å². The molecule has 1 amide bonds. The van der Waals surface area contributed by atoms with Crippen LogP contribution in [0.15, 0.2) is 41.3 Å². The molecule has 6 nitrogen and oxygen atoms in total. The number of carbonyl (C=O) groups is 1. The Labute approximate surface area is 142 Å². The van der Waals surface area contributed by atoms with E-state index in [1.54, 1.807) is 30.3 Å². The van der Waals surface area contributed by atoms with Crippen molar-refractivity contribution >= 4 is 55.3 Å². The summed E-state index contributed by atoms with van der Waals surface area (Å²) in [5, 5.41) is 4.24. The number of nitrogens with one attached hydrogen (secondary N) is 1. The highest BCUT2D eigenvalue weighted by atomic mass is 127. The quantitative estimate of drug-likeness (QED) is 0.335. The summed E-state index contributed by atoms with van der Waals surface area (Å²) >= 11 is 1.91. The van der Waals surface area contributed by atoms with Gasteiger partial charge in [0.05, 0.1) is 22.9 Å². The molecule has 0 fully saturated rings. The van der Waals surface area contributed by atoms with Gasteiger partial charge in [0.2, 0.25) is 5.91 Å². The normalized spacial score (nSPS) is 12.9. The van der Waals surface area contributed by atoms with Crippen molar-refractivity contribution in [3.8, 4) is 0 Å². The maximum absolute atomic E-state index is 11.5. The first kappa shape index (κ1) is 17.0. The second-order valence-corrected chi connectivity index (χ2v) is 7.21. The summed E-state index contributed by atoms with van der Waals surface area (Å²) in [6, 6.07) is 9.78. The van der Waals surface area contributed by atoms with Crippen molar-refractivity contribution in [2.45, 2.75) is 24.9 Å². The number of hydrogen-bond acceptors (Lipinski definition) is 4. The third kappa shape index (κ3) is 3.50. The summed E-state index contributed by atoms with van der Waals surface area (Å²) in [4.78, 5) is 11.3. The van der Waals surface area contributed by atoms with Crippen LogP contribution in [-0.2, 0) is 14.9 Å². The Kier molecular flexibility index (Phi) is 4.93. The third-order valence-corrected chi connectivity index (χ3v) is 5.59. The molecule has 22 heavy (non-hydrogen) atoms. The lowest BCUT2D eigenvalue weighted by molar-refractivity contribution is -0.123. The maximum Gasteiger partial charge on any atom is 0.295 e. The highest BCUT2D eigenvalue weighted by Crippen LogP contribution is 2.29. The zero-order valence-corrected chi connectivity index (χ0v) is 14.9. The highest BCUT2D eigenvalue weighted by molar-refractivity contribution is 14.1. The van der Waals surface area contributed by atoms with Crippen LogP contribution in [0, 0.1) is 0 Å². The molecule has 2 aromatic carbocycles. The first-order chi connectivity index (χ1) is 10.2. The van der Waals surface area contributed by atoms with Gasteiger partial charge in [-0.2, -0.15) is 8.42 Å². The topological polar surface area (TPSA) is 86.7 Å². The summed E-state index contributed by atoms with van der Waals surface area (Å²) in [6.45, 7) is 3.28. The van der Waals surface area contributed by atoms with E-state index < -0.39 is 10.1 Å². The lowest BCUT2D eigenvalue weighted by Crippen LogP contribution is -2.34. The molecule has 0 aromatic heterocycles. The van der Waals surface area contributed by atoms with Crippen molar-refractivity contribution in [1.82, 2.24) is 3.11 Å². The van der Waals surface area contributed by atoms with Gasteiger partial charge in [0, 0.05) is 23.4 Å². The Morgan fingerprint density at radius 3 is 2.41 bits per heavy atom. The van der Waals surface area contributed by atoms with Crippen LogP contribution < -0.4 is 5.32 Å². The molecule has 2 aromatic rings. The molecule has 1 unspecified atom stereocenters. The number of anilines is 1. The molecule has 1 atom stereocenters. The van der Waals surface area contributed by atoms with E-state index in [-0.39, 0.29) is 17.0 Å². The van der Waals surface area contributed by atoms with Gasteiger partial charge in [0.25, 0.3) is 10.1 Å². The van der Waals surface area contributed by atoms with Crippen LogP contribution in [-0.4, -0.2) is 28.2 Å². The monoisotopic (exact) mass is 434 g/mol. The molecule has 0 aliphatic rings. The predicted octanol–water partition coefficient (Wildman–Crippen LogP) is 3.04. The molecule has 8 heteroatoms. The lowest BCUT2D eigenvalue weighted by atomic mass is 10.1. The SMILES string of the molecule is CC(=O)N(I)C(C)Nc1cccc2c(S(=O)(=O)O)cccc12. The molecule has 0 aliphatic carbocycles. The standard InChI is InChI=1S/C14H15IN2O4S/c1-9(17(15)10(2)18)16-13-7-3-6-12-11(13)5-4-8-14(12)22(19,20)21/h3-9,16H,1-2H3,(H,19,20,21). The minimum absolute atomic E-state index is 0.0977. The number of hydrogen-bond donors (Lipinski definition) is 2. The minimum atomic E-state index is -4.30. The molecule has 2 N–H and O–H groups in total. The van der Waals surface area contributed by atoms with Gasteiger partial charge in [-0.25, -0.2) is 0 Å². The molecule has 0 saturated carbocycles. The van der Waals surface area contributed by atoms with Crippen LogP contribution in [0.25, 0.3) is 10.8 Å². The Morgan fingerprint density at radius 1 is 1.23 bits per heavy atom. The van der Waals surface area contributed by atoms with E-state index in [9.17, 15) is 17.8 Å². The second-order valence-electron chi connectivity index (χ2n) is 4.78. The van der Waals surface area contributed by atoms with Gasteiger partial charge in [-0.3, -0.25) is 12.5 Å². The van der Waals surface area contributed by atoms with E-state index in [0.717, 1.165) is 0 Å². The van der Waals surface area contributed by atoms with Crippen molar-refractivity contribution in [2.24, 2.45) is 0 Å². The number of carbonyl (C=O) groups excluding carboxylic acids is 1. The Morgan fingerprint density at radius 2 is 1.82 bits per heavy atom. The van der Waals surface area contributed by atoms with Crippen LogP contribution in [0.3, 0.4) is 0 Å². The Hall–Kier alpha value is -1.39. The largest absolute Gasteiger partial charge is 0.364 e. The summed E-state index contributed by atoms with van der Waals surface area (Å²) in [5.41, 5.74) is 0.679. The number of fused-ring (bicyclic) bond motifs is 1. The molecule has 0 saturated heterocycles. The summed E-state index contributed by atoms with van der Waals surface area (Å²) in [5.74, 6) is -0.0977. The van der Waals surface area contributed by atoms with Crippen molar-refractivity contribution in [1.29, 1.82) is 0 Å². The fourth-order valence-electron chi connectivity index (χ4n) is 2.19. The maximum atomic E-state index is 11.5. The van der Waals surface area contributed by atoms with Crippen molar-refractivity contribution in [3.05, 3.63) is 36.4 Å². The first-order valence-electron chi connectivity index (χ1n) is 6.43. The number of benzene rings is 2. The summed E-state index contributed by atoms with van der Waals surface area (Å²) in [6.07, 6.45) is -0.280. The number of amides is 1. The molecular weight excluding hydrogens is 419 g/mol. The van der Waals surface area contributed by atoms with Crippen LogP contribution in [0.5, 0.6) is 0 Å². The van der Waals surface area contributed by atoms with E-state index in [1.165, 1.54) is 16.1 Å². The predicted molar refractivity (Wildman–Crippen MR) is 93.4 cm³/mol. The van der Waals surface area contributed by atoms with Crippen LogP contribution in [0.2, 0.25) is 0 Å². The van der Waals surface area contributed by atoms with E-state index in [2.05, 4.69) is 5.32 Å². The lowest BCUT2D eigenvalue weighted by Gasteiger charge is -2.24. The molecule has 0 heterocycles. The van der Waals surface area contributed by atoms with E-state index in [0.29, 0.717) is 16.5 Å². The average Bonchev–Trinajstić information content (AvgIpc) is 2.45. The van der Waals surface area contributed by atoms with Gasteiger partial charge in [-0.1, -0.05) is 24.3 Å². The molecule has 118 valence electrons. The van der Waals surface area contributed by atoms with E-state index >= 15 is 0 Å². The molecule has 0 spiro atoms. The fraction of sp³-hybridized carbons (Fsp3) is 0.214. The van der Waals surface area contributed by atoms with E-state index in [1.807, 2.05) is 29.8 Å². The van der Waals surface area contributed by atoms with Gasteiger partial charge in [-0.15, -0.1) is 0 Å². The van der Waals surface area contributed by atoms with Crippen molar-refractivity contribution in [2.75, 3.05) is 5.32 Å². The zero-order valence-electron chi connectivity index (χ0n) is 11.9. The van der Waals surface area contributed by atoms with Gasteiger partial charge >= 0.3 is 0 Å². The Balaban J connectivity index is 2.51. The highest BCUT2D eigenvalue weighted by Gasteiger charge is 2.17. The summed E-state index contributed by atoms with van der Waals surface area (Å²) in [7, 11) is -4.30. The molecule has 0 aliphatic heterocycles. The second kappa shape index (κ2) is 6.39. The average molecular weight is 434 g/mol. The summed E-state index contributed by atoms with van der Waals surface area (Å²) < 4.78 is 33.7. The van der Waals surface area contributed by atoms with Crippen LogP contribution >= 0.6 is 22.9 Å². The third-order valence-electron chi connectivity index (χ3n) is 3.17. The van der Waals surface area contributed by atoms with Crippen LogP contribution in [0.4, 0.5) is 5.69 Å². The minimum Gasteiger partial charge on any atom is -0.364 e. The molecular formula is C14H15IN2O4S. The molecule has 0 bridgehead atoms. The van der Waals surface area contributed by atoms with Crippen molar-refractivity contribution in [3.63, 3.8) is 0 Å². The van der Waals surface area contributed by atoms with Gasteiger partial charge < -0.3 is 5.32 Å². The van der Waals surface area contributed by atoms with Gasteiger partial charge in [0.1, 0.15) is 11.1 Å². The first-order valence-corrected chi connectivity index (χ1v) is 8.83. The molecule has 0 radical (unpaired) electrons. The van der Waals surface area contributed by atoms with Crippen LogP contribution in [0.1, 0.15) is 13.8 Å². The smallest absolute Gasteiger partial charge is 0.295 e. The number of halogens is 1. The zero-order chi connectivity index (χ0) is 16.5. The van der Waals surface area contributed by atoms with Gasteiger partial charge in [-0.05, 0) is 19.1 Å². The van der Waals surface area contributed by atoms with E-state index in [4.69, 9.17) is 0 Å². The molecule has 2 rings (SSSR count). The Bertz CT molecular complexity index is 823. The number of nitrogens with zero attached hydrogens (tertiary/aromatic N) is 1. The fourth-order valence-corrected chi connectivity index (χ4v) is 3.03. The number of rotatable bonds is 4. The van der Waals surface area contributed by atoms with Gasteiger partial charge in [0.15, 0.2) is 0 Å².